The number of allylic oxidation sites excluding steroid dienone is 1. The fourth-order valence-corrected chi connectivity index (χ4v) is 3.05. The number of hydrogen-bond donors (Lipinski definition) is 1. The van der Waals surface area contributed by atoms with Crippen LogP contribution in [-0.4, -0.2) is 18.3 Å². The van der Waals surface area contributed by atoms with Gasteiger partial charge in [0.1, 0.15) is 5.75 Å². The van der Waals surface area contributed by atoms with Gasteiger partial charge in [-0.2, -0.15) is 11.1 Å². The van der Waals surface area contributed by atoms with E-state index in [1.54, 1.807) is 7.11 Å². The monoisotopic (exact) mass is 637 g/mol. The van der Waals surface area contributed by atoms with Crippen LogP contribution in [-0.2, 0) is 21.6 Å². The zero-order valence-corrected chi connectivity index (χ0v) is 23.1. The van der Waals surface area contributed by atoms with Gasteiger partial charge in [-0.05, 0) is 30.5 Å². The van der Waals surface area contributed by atoms with E-state index in [1.807, 2.05) is 42.5 Å². The summed E-state index contributed by atoms with van der Waals surface area (Å²) in [7, 11) is 16.7. The SMILES string of the molecule is CCCCCC[C-]=C(c1ccc(OC)cc1)C(O)CCc1ccccc1.[Cl][Ta]([Cl])[Cl]. The number of ether oxygens (including phenoxy) is 1. The van der Waals surface area contributed by atoms with Crippen LogP contribution in [0.4, 0.5) is 0 Å². The van der Waals surface area contributed by atoms with E-state index in [1.165, 1.54) is 24.8 Å². The standard InChI is InChI=1S/C24H31O2.3ClH.Ta/c1-3-4-5-6-10-13-23(21-15-17-22(26-2)18-16-21)24(25)19-14-20-11-8-7-9-12-20;;;;/h7-9,11-12,15-18,24-25H,3-6,10,14,19H2,1-2H3;3*1H;/q-1;;;;+3/p-3. The molecule has 2 aromatic rings. The Kier molecular flexibility index (Phi) is 15.8. The zero-order chi connectivity index (χ0) is 22.2. The number of aliphatic hydroxyl groups excluding tert-OH is 1. The second-order valence-electron chi connectivity index (χ2n) is 6.86. The van der Waals surface area contributed by atoms with Gasteiger partial charge in [-0.25, -0.2) is 0 Å². The first kappa shape index (κ1) is 27.6. The van der Waals surface area contributed by atoms with Gasteiger partial charge < -0.3 is 9.84 Å². The predicted molar refractivity (Wildman–Crippen MR) is 127 cm³/mol. The molecule has 2 nitrogen and oxygen atoms in total. The van der Waals surface area contributed by atoms with Gasteiger partial charge in [-0.3, -0.25) is 6.08 Å². The maximum absolute atomic E-state index is 10.8. The van der Waals surface area contributed by atoms with Crippen LogP contribution in [0.3, 0.4) is 0 Å². The first-order chi connectivity index (χ1) is 14.5. The molecular formula is C24H31Cl3O2Ta-. The van der Waals surface area contributed by atoms with Crippen molar-refractivity contribution in [2.45, 2.75) is 58.0 Å². The Morgan fingerprint density at radius 1 is 1.00 bits per heavy atom. The molecule has 0 aliphatic rings. The first-order valence-corrected chi connectivity index (χ1v) is 22.2. The van der Waals surface area contributed by atoms with E-state index in [2.05, 4.69) is 25.1 Å². The molecular weight excluding hydrogens is 608 g/mol. The Bertz CT molecular complexity index is 703. The number of hydrogen-bond acceptors (Lipinski definition) is 2. The Balaban J connectivity index is 0.00000103. The van der Waals surface area contributed by atoms with Crippen molar-refractivity contribution in [2.75, 3.05) is 7.11 Å². The van der Waals surface area contributed by atoms with Crippen LogP contribution in [0.25, 0.3) is 5.57 Å². The summed E-state index contributed by atoms with van der Waals surface area (Å²) < 4.78 is 5.25. The van der Waals surface area contributed by atoms with Crippen LogP contribution in [0.2, 0.25) is 0 Å². The molecule has 0 aliphatic heterocycles. The number of aryl methyl sites for hydroxylation is 1. The molecule has 0 radical (unpaired) electrons. The van der Waals surface area contributed by atoms with Gasteiger partial charge in [0, 0.05) is 6.10 Å². The average molecular weight is 639 g/mol. The van der Waals surface area contributed by atoms with Gasteiger partial charge in [0.05, 0.1) is 7.11 Å². The van der Waals surface area contributed by atoms with E-state index in [0.717, 1.165) is 36.1 Å². The molecule has 0 saturated heterocycles. The van der Waals surface area contributed by atoms with Crippen LogP contribution in [0.15, 0.2) is 54.6 Å². The zero-order valence-electron chi connectivity index (χ0n) is 17.7. The molecule has 1 unspecified atom stereocenters. The quantitative estimate of drug-likeness (QED) is 0.200. The summed E-state index contributed by atoms with van der Waals surface area (Å²) >= 11 is -2.18. The molecule has 2 aromatic carbocycles. The summed E-state index contributed by atoms with van der Waals surface area (Å²) in [5.74, 6) is 0.829. The minimum absolute atomic E-state index is 0.505. The molecule has 6 heteroatoms. The molecule has 1 atom stereocenters. The predicted octanol–water partition coefficient (Wildman–Crippen LogP) is 7.91. The number of halogens is 3. The summed E-state index contributed by atoms with van der Waals surface area (Å²) in [5.41, 5.74) is 3.20. The number of benzene rings is 2. The van der Waals surface area contributed by atoms with Crippen molar-refractivity contribution in [1.29, 1.82) is 0 Å². The van der Waals surface area contributed by atoms with Crippen molar-refractivity contribution in [1.82, 2.24) is 0 Å². The molecule has 0 aromatic heterocycles. The van der Waals surface area contributed by atoms with Crippen molar-refractivity contribution in [2.24, 2.45) is 0 Å². The van der Waals surface area contributed by atoms with Crippen molar-refractivity contribution >= 4 is 33.1 Å². The number of aliphatic hydroxyl groups is 1. The molecule has 0 fully saturated rings. The molecule has 0 bridgehead atoms. The van der Waals surface area contributed by atoms with Crippen molar-refractivity contribution in [3.05, 3.63) is 71.8 Å². The van der Waals surface area contributed by atoms with Crippen molar-refractivity contribution in [3.8, 4) is 5.75 Å². The molecule has 30 heavy (non-hydrogen) atoms. The summed E-state index contributed by atoms with van der Waals surface area (Å²) in [5, 5.41) is 10.8. The second-order valence-corrected chi connectivity index (χ2v) is 20.8. The molecule has 0 saturated carbocycles. The van der Waals surface area contributed by atoms with Gasteiger partial charge in [0.25, 0.3) is 0 Å². The van der Waals surface area contributed by atoms with Crippen LogP contribution in [0, 0.1) is 6.08 Å². The van der Waals surface area contributed by atoms with E-state index in [0.29, 0.717) is 6.42 Å². The first-order valence-electron chi connectivity index (χ1n) is 10.2. The molecule has 0 aliphatic carbocycles. The Morgan fingerprint density at radius 2 is 1.63 bits per heavy atom. The van der Waals surface area contributed by atoms with Gasteiger partial charge in [0.15, 0.2) is 0 Å². The van der Waals surface area contributed by atoms with Gasteiger partial charge in [-0.15, -0.1) is 18.6 Å². The maximum atomic E-state index is 10.8. The van der Waals surface area contributed by atoms with E-state index in [9.17, 15) is 5.11 Å². The van der Waals surface area contributed by atoms with E-state index in [-0.39, 0.29) is 0 Å². The fraction of sp³-hybridized carbons (Fsp3) is 0.417. The summed E-state index contributed by atoms with van der Waals surface area (Å²) in [6.07, 6.45) is 10.3. The second kappa shape index (κ2) is 17.1. The fourth-order valence-electron chi connectivity index (χ4n) is 3.05. The average Bonchev–Trinajstić information content (AvgIpc) is 2.75. The number of methoxy groups -OCH3 is 1. The van der Waals surface area contributed by atoms with E-state index >= 15 is 0 Å². The summed E-state index contributed by atoms with van der Waals surface area (Å²) in [6, 6.07) is 18.2. The Morgan fingerprint density at radius 3 is 2.20 bits per heavy atom. The third-order valence-electron chi connectivity index (χ3n) is 4.63. The third-order valence-corrected chi connectivity index (χ3v) is 4.63. The molecule has 0 spiro atoms. The van der Waals surface area contributed by atoms with Crippen molar-refractivity contribution in [3.63, 3.8) is 0 Å². The summed E-state index contributed by atoms with van der Waals surface area (Å²) in [6.45, 7) is 2.22. The molecule has 166 valence electrons. The van der Waals surface area contributed by atoms with Crippen LogP contribution < -0.4 is 4.74 Å². The molecule has 1 N–H and O–H groups in total. The Hall–Kier alpha value is -0.450. The van der Waals surface area contributed by atoms with E-state index < -0.39 is 21.3 Å². The minimum atomic E-state index is -2.18. The molecule has 0 heterocycles. The van der Waals surface area contributed by atoms with Crippen LogP contribution in [0.5, 0.6) is 5.75 Å². The molecule has 0 amide bonds. The van der Waals surface area contributed by atoms with Crippen LogP contribution >= 0.6 is 27.6 Å². The van der Waals surface area contributed by atoms with Gasteiger partial charge >= 0.3 is 42.8 Å². The van der Waals surface area contributed by atoms with Gasteiger partial charge in [0.2, 0.25) is 0 Å². The van der Waals surface area contributed by atoms with Gasteiger partial charge in [-0.1, -0.05) is 62.9 Å². The number of rotatable bonds is 11. The number of unbranched alkanes of at least 4 members (excludes halogenated alkanes) is 4. The third kappa shape index (κ3) is 12.4. The summed E-state index contributed by atoms with van der Waals surface area (Å²) in [4.78, 5) is 0. The topological polar surface area (TPSA) is 29.5 Å². The molecule has 2 rings (SSSR count). The Labute approximate surface area is 199 Å². The van der Waals surface area contributed by atoms with Crippen molar-refractivity contribution < 1.29 is 25.0 Å². The normalized spacial score (nSPS) is 12.3. The van der Waals surface area contributed by atoms with E-state index in [4.69, 9.17) is 32.3 Å². The van der Waals surface area contributed by atoms with Crippen LogP contribution in [0.1, 0.15) is 56.6 Å².